The molecule has 3 N–H and O–H groups in total. The third-order valence-electron chi connectivity index (χ3n) is 8.49. The Morgan fingerprint density at radius 2 is 1.09 bits per heavy atom. The topological polar surface area (TPSA) is 86.6 Å². The van der Waals surface area contributed by atoms with Crippen LogP contribution in [0, 0.1) is 10.8 Å². The highest BCUT2D eigenvalue weighted by Crippen LogP contribution is 2.42. The summed E-state index contributed by atoms with van der Waals surface area (Å²) in [6, 6.07) is 0. The van der Waals surface area contributed by atoms with Crippen molar-refractivity contribution in [3.05, 3.63) is 12.2 Å². The molecule has 2 saturated carbocycles. The van der Waals surface area contributed by atoms with Gasteiger partial charge in [-0.3, -0.25) is 9.59 Å². The van der Waals surface area contributed by atoms with Gasteiger partial charge in [-0.1, -0.05) is 89.2 Å². The molecule has 2 aliphatic carbocycles. The molecule has 0 heterocycles. The third kappa shape index (κ3) is 10.1. The second kappa shape index (κ2) is 16.3. The molecule has 34 heavy (non-hydrogen) atoms. The van der Waals surface area contributed by atoms with Crippen LogP contribution in [-0.2, 0) is 9.59 Å². The molecule has 0 amide bonds. The second-order valence-electron chi connectivity index (χ2n) is 11.1. The van der Waals surface area contributed by atoms with E-state index in [-0.39, 0.29) is 0 Å². The molecule has 5 heteroatoms. The molecule has 0 aromatic carbocycles. The molecule has 0 radical (unpaired) electrons. The van der Waals surface area contributed by atoms with Crippen molar-refractivity contribution in [3.63, 3.8) is 0 Å². The van der Waals surface area contributed by atoms with E-state index in [4.69, 9.17) is 0 Å². The number of aliphatic carboxylic acids is 2. The van der Waals surface area contributed by atoms with Crippen molar-refractivity contribution in [1.29, 1.82) is 0 Å². The molecule has 0 unspecified atom stereocenters. The summed E-state index contributed by atoms with van der Waals surface area (Å²) in [7, 11) is 0. The van der Waals surface area contributed by atoms with Gasteiger partial charge in [-0.05, 0) is 64.3 Å². The highest BCUT2D eigenvalue weighted by molar-refractivity contribution is 5.75. The van der Waals surface area contributed by atoms with E-state index >= 15 is 0 Å². The first kappa shape index (κ1) is 28.9. The summed E-state index contributed by atoms with van der Waals surface area (Å²) in [6.07, 6.45) is 26.7. The van der Waals surface area contributed by atoms with Crippen LogP contribution in [0.2, 0.25) is 0 Å². The fourth-order valence-electron chi connectivity index (χ4n) is 6.13. The lowest BCUT2D eigenvalue weighted by Gasteiger charge is -2.33. The summed E-state index contributed by atoms with van der Waals surface area (Å²) in [6.45, 7) is 1.92. The van der Waals surface area contributed by atoms with E-state index in [1.165, 1.54) is 32.1 Å². The molecule has 5 nitrogen and oxygen atoms in total. The van der Waals surface area contributed by atoms with Gasteiger partial charge in [0.25, 0.3) is 0 Å². The van der Waals surface area contributed by atoms with Gasteiger partial charge < -0.3 is 15.5 Å². The van der Waals surface area contributed by atoms with Gasteiger partial charge in [0.2, 0.25) is 0 Å². The number of nitrogens with one attached hydrogen (secondary N) is 1. The van der Waals surface area contributed by atoms with E-state index in [9.17, 15) is 19.8 Å². The van der Waals surface area contributed by atoms with Gasteiger partial charge in [0.1, 0.15) is 0 Å². The van der Waals surface area contributed by atoms with Crippen LogP contribution >= 0.6 is 0 Å². The van der Waals surface area contributed by atoms with E-state index < -0.39 is 22.8 Å². The summed E-state index contributed by atoms with van der Waals surface area (Å²) in [5, 5.41) is 22.8. The molecular weight excluding hydrogens is 426 g/mol. The highest BCUT2D eigenvalue weighted by Gasteiger charge is 2.39. The van der Waals surface area contributed by atoms with Crippen LogP contribution in [-0.4, -0.2) is 35.2 Å². The zero-order chi connectivity index (χ0) is 24.5. The lowest BCUT2D eigenvalue weighted by molar-refractivity contribution is -0.152. The maximum atomic E-state index is 11.7. The molecule has 0 aliphatic heterocycles. The van der Waals surface area contributed by atoms with Gasteiger partial charge in [-0.15, -0.1) is 0 Å². The molecule has 2 fully saturated rings. The number of unbranched alkanes of at least 4 members (excludes halogenated alkanes) is 7. The Hall–Kier alpha value is -1.36. The van der Waals surface area contributed by atoms with Crippen molar-refractivity contribution < 1.29 is 19.8 Å². The van der Waals surface area contributed by atoms with Crippen molar-refractivity contribution in [2.75, 3.05) is 13.1 Å². The van der Waals surface area contributed by atoms with Gasteiger partial charge in [0.05, 0.1) is 10.8 Å². The molecule has 0 bridgehead atoms. The lowest BCUT2D eigenvalue weighted by atomic mass is 9.71. The van der Waals surface area contributed by atoms with Crippen LogP contribution in [0.3, 0.4) is 0 Å². The molecule has 0 saturated heterocycles. The Bertz CT molecular complexity index is 551. The Morgan fingerprint density at radius 1 is 0.618 bits per heavy atom. The zero-order valence-corrected chi connectivity index (χ0v) is 21.6. The quantitative estimate of drug-likeness (QED) is 0.141. The van der Waals surface area contributed by atoms with E-state index in [0.717, 1.165) is 116 Å². The first-order chi connectivity index (χ1) is 16.5. The minimum Gasteiger partial charge on any atom is -0.481 e. The average molecular weight is 478 g/mol. The predicted molar refractivity (Wildman–Crippen MR) is 139 cm³/mol. The van der Waals surface area contributed by atoms with Crippen LogP contribution in [0.25, 0.3) is 0 Å². The molecule has 196 valence electrons. The highest BCUT2D eigenvalue weighted by atomic mass is 16.4. The summed E-state index contributed by atoms with van der Waals surface area (Å²) >= 11 is 0. The normalized spacial score (nSPS) is 19.9. The number of carbonyl (C=O) groups is 2. The average Bonchev–Trinajstić information content (AvgIpc) is 2.84. The fraction of sp³-hybridized carbons (Fsp3) is 0.862. The maximum absolute atomic E-state index is 11.7. The number of carboxylic acid groups (broad SMARTS) is 2. The molecule has 0 aromatic heterocycles. The smallest absolute Gasteiger partial charge is 0.309 e. The van der Waals surface area contributed by atoms with E-state index in [0.29, 0.717) is 0 Å². The number of allylic oxidation sites excluding steroid dienone is 1. The zero-order valence-electron chi connectivity index (χ0n) is 21.6. The van der Waals surface area contributed by atoms with Crippen LogP contribution in [0.15, 0.2) is 12.2 Å². The van der Waals surface area contributed by atoms with Gasteiger partial charge in [0.15, 0.2) is 0 Å². The van der Waals surface area contributed by atoms with Crippen molar-refractivity contribution >= 4 is 11.9 Å². The predicted octanol–water partition coefficient (Wildman–Crippen LogP) is 7.49. The Kier molecular flexibility index (Phi) is 13.9. The van der Waals surface area contributed by atoms with Crippen LogP contribution in [0.1, 0.15) is 135 Å². The minimum absolute atomic E-state index is 0.413. The molecule has 2 aliphatic rings. The molecule has 0 spiro atoms. The van der Waals surface area contributed by atoms with Crippen LogP contribution in [0.5, 0.6) is 0 Å². The van der Waals surface area contributed by atoms with E-state index in [1.807, 2.05) is 0 Å². The van der Waals surface area contributed by atoms with Crippen molar-refractivity contribution in [1.82, 2.24) is 5.32 Å². The van der Waals surface area contributed by atoms with Crippen molar-refractivity contribution in [2.24, 2.45) is 10.8 Å². The fourth-order valence-corrected chi connectivity index (χ4v) is 6.13. The molecule has 2 rings (SSSR count). The minimum atomic E-state index is -0.568. The summed E-state index contributed by atoms with van der Waals surface area (Å²) in [4.78, 5) is 23.4. The third-order valence-corrected chi connectivity index (χ3v) is 8.49. The maximum Gasteiger partial charge on any atom is 0.309 e. The number of hydrogen-bond donors (Lipinski definition) is 3. The summed E-state index contributed by atoms with van der Waals surface area (Å²) < 4.78 is 0. The lowest BCUT2D eigenvalue weighted by Crippen LogP contribution is -2.33. The Balaban J connectivity index is 1.38. The monoisotopic (exact) mass is 477 g/mol. The van der Waals surface area contributed by atoms with Crippen molar-refractivity contribution in [2.45, 2.75) is 135 Å². The molecular formula is C29H51NO4. The Labute approximate surface area is 208 Å². The van der Waals surface area contributed by atoms with Gasteiger partial charge in [-0.25, -0.2) is 0 Å². The Morgan fingerprint density at radius 3 is 1.62 bits per heavy atom. The van der Waals surface area contributed by atoms with E-state index in [1.54, 1.807) is 0 Å². The van der Waals surface area contributed by atoms with Gasteiger partial charge in [-0.2, -0.15) is 0 Å². The van der Waals surface area contributed by atoms with Gasteiger partial charge >= 0.3 is 11.9 Å². The molecule has 0 atom stereocenters. The summed E-state index contributed by atoms with van der Waals surface area (Å²) in [5.74, 6) is -1.13. The SMILES string of the molecule is O=C(O)C1(CCCCCCC/C=C\CNCCCCCC2(C(=O)O)CCCCC2)CCCCC1. The van der Waals surface area contributed by atoms with Crippen LogP contribution in [0.4, 0.5) is 0 Å². The first-order valence-electron chi connectivity index (χ1n) is 14.3. The van der Waals surface area contributed by atoms with Crippen LogP contribution < -0.4 is 5.32 Å². The first-order valence-corrected chi connectivity index (χ1v) is 14.3. The van der Waals surface area contributed by atoms with E-state index in [2.05, 4.69) is 17.5 Å². The van der Waals surface area contributed by atoms with Crippen molar-refractivity contribution in [3.8, 4) is 0 Å². The number of carboxylic acids is 2. The number of rotatable bonds is 18. The second-order valence-corrected chi connectivity index (χ2v) is 11.1. The van der Waals surface area contributed by atoms with Gasteiger partial charge in [0, 0.05) is 6.54 Å². The summed E-state index contributed by atoms with van der Waals surface area (Å²) in [5.41, 5.74) is -0.839. The molecule has 0 aromatic rings. The largest absolute Gasteiger partial charge is 0.481 e. The number of hydrogen-bond acceptors (Lipinski definition) is 3. The standard InChI is InChI=1S/C29H51NO4/c31-26(32)28(19-11-7-12-20-28)18-10-5-3-1-2-4-6-16-24-30-25-17-9-15-23-29(27(33)34)21-13-8-14-22-29/h6,16,30H,1-5,7-15,17-25H2,(H,31,32)(H,33,34)/b16-6-.